The van der Waals surface area contributed by atoms with Crippen LogP contribution in [-0.4, -0.2) is 33.1 Å². The second kappa shape index (κ2) is 6.37. The number of benzene rings is 2. The number of aromatic nitrogens is 2. The van der Waals surface area contributed by atoms with E-state index in [0.717, 1.165) is 6.42 Å². The van der Waals surface area contributed by atoms with E-state index < -0.39 is 0 Å². The van der Waals surface area contributed by atoms with Gasteiger partial charge in [-0.3, -0.25) is 9.59 Å². The fraction of sp³-hybridized carbons (Fsp3) is 0.211. The summed E-state index contributed by atoms with van der Waals surface area (Å²) < 4.78 is 0. The van der Waals surface area contributed by atoms with Crippen LogP contribution in [0.15, 0.2) is 58.2 Å². The summed E-state index contributed by atoms with van der Waals surface area (Å²) in [4.78, 5) is 35.0. The normalized spacial score (nSPS) is 16.0. The van der Waals surface area contributed by atoms with Crippen molar-refractivity contribution in [3.63, 3.8) is 0 Å². The standard InChI is InChI=1S/C19H17N3O2S/c1-22(19(24)16-10-12-6-2-5-9-15(12)25-16)11-17-20-14-8-4-3-7-13(14)18(23)21-17/h2-9,16H,10-11H2,1H3,(H,20,21,23)/t16-/m0/s1. The Hall–Kier alpha value is -2.60. The number of H-pyrrole nitrogens is 1. The van der Waals surface area contributed by atoms with Crippen LogP contribution >= 0.6 is 11.8 Å². The summed E-state index contributed by atoms with van der Waals surface area (Å²) in [6.07, 6.45) is 0.742. The highest BCUT2D eigenvalue weighted by molar-refractivity contribution is 8.01. The molecule has 6 heteroatoms. The Balaban J connectivity index is 1.52. The Kier molecular flexibility index (Phi) is 4.05. The third-order valence-electron chi connectivity index (χ3n) is 4.35. The summed E-state index contributed by atoms with van der Waals surface area (Å²) >= 11 is 1.61. The van der Waals surface area contributed by atoms with Crippen molar-refractivity contribution >= 4 is 28.6 Å². The van der Waals surface area contributed by atoms with E-state index in [1.807, 2.05) is 24.3 Å². The van der Waals surface area contributed by atoms with Crippen LogP contribution in [0.4, 0.5) is 0 Å². The van der Waals surface area contributed by atoms with Crippen LogP contribution in [0.2, 0.25) is 0 Å². The minimum atomic E-state index is -0.177. The summed E-state index contributed by atoms with van der Waals surface area (Å²) in [7, 11) is 1.75. The molecule has 1 aliphatic rings. The van der Waals surface area contributed by atoms with Gasteiger partial charge in [0.2, 0.25) is 5.91 Å². The van der Waals surface area contributed by atoms with Crippen molar-refractivity contribution in [3.05, 3.63) is 70.3 Å². The molecular formula is C19H17N3O2S. The molecular weight excluding hydrogens is 334 g/mol. The molecule has 2 aromatic carbocycles. The van der Waals surface area contributed by atoms with Gasteiger partial charge in [0.1, 0.15) is 5.82 Å². The van der Waals surface area contributed by atoms with Gasteiger partial charge >= 0.3 is 0 Å². The molecule has 0 saturated heterocycles. The fourth-order valence-electron chi connectivity index (χ4n) is 3.08. The highest BCUT2D eigenvalue weighted by Gasteiger charge is 2.30. The van der Waals surface area contributed by atoms with Crippen LogP contribution in [0.5, 0.6) is 0 Å². The van der Waals surface area contributed by atoms with Gasteiger partial charge in [0, 0.05) is 11.9 Å². The number of carbonyl (C=O) groups is 1. The summed E-state index contributed by atoms with van der Waals surface area (Å²) in [6.45, 7) is 0.284. The lowest BCUT2D eigenvalue weighted by molar-refractivity contribution is -0.129. The van der Waals surface area contributed by atoms with Gasteiger partial charge < -0.3 is 9.88 Å². The molecule has 126 valence electrons. The van der Waals surface area contributed by atoms with E-state index in [9.17, 15) is 9.59 Å². The number of carbonyl (C=O) groups excluding carboxylic acids is 1. The van der Waals surface area contributed by atoms with Gasteiger partial charge in [-0.15, -0.1) is 11.8 Å². The van der Waals surface area contributed by atoms with E-state index in [2.05, 4.69) is 22.1 Å². The molecule has 0 radical (unpaired) electrons. The van der Waals surface area contributed by atoms with Crippen LogP contribution < -0.4 is 5.56 Å². The largest absolute Gasteiger partial charge is 0.337 e. The zero-order chi connectivity index (χ0) is 17.4. The van der Waals surface area contributed by atoms with Crippen molar-refractivity contribution in [3.8, 4) is 0 Å². The summed E-state index contributed by atoms with van der Waals surface area (Å²) in [6, 6.07) is 15.3. The van der Waals surface area contributed by atoms with Gasteiger partial charge in [0.15, 0.2) is 0 Å². The van der Waals surface area contributed by atoms with Crippen molar-refractivity contribution in [1.82, 2.24) is 14.9 Å². The number of thioether (sulfide) groups is 1. The van der Waals surface area contributed by atoms with Crippen LogP contribution in [0.1, 0.15) is 11.4 Å². The molecule has 0 aliphatic carbocycles. The smallest absolute Gasteiger partial charge is 0.258 e. The molecule has 3 aromatic rings. The molecule has 0 bridgehead atoms. The molecule has 5 nitrogen and oxygen atoms in total. The molecule has 2 heterocycles. The number of fused-ring (bicyclic) bond motifs is 2. The Morgan fingerprint density at radius 2 is 2.00 bits per heavy atom. The zero-order valence-corrected chi connectivity index (χ0v) is 14.5. The second-order valence-corrected chi connectivity index (χ2v) is 7.39. The van der Waals surface area contributed by atoms with E-state index in [4.69, 9.17) is 0 Å². The average Bonchev–Trinajstić information content (AvgIpc) is 3.05. The molecule has 25 heavy (non-hydrogen) atoms. The Morgan fingerprint density at radius 3 is 2.84 bits per heavy atom. The van der Waals surface area contributed by atoms with E-state index in [1.165, 1.54) is 10.5 Å². The lowest BCUT2D eigenvalue weighted by Gasteiger charge is -2.20. The van der Waals surface area contributed by atoms with E-state index in [1.54, 1.807) is 35.8 Å². The number of rotatable bonds is 3. The minimum absolute atomic E-state index is 0.0528. The van der Waals surface area contributed by atoms with Crippen LogP contribution in [0.25, 0.3) is 10.9 Å². The number of nitrogens with one attached hydrogen (secondary N) is 1. The van der Waals surface area contributed by atoms with Gasteiger partial charge in [0.05, 0.1) is 22.7 Å². The third-order valence-corrected chi connectivity index (χ3v) is 5.65. The van der Waals surface area contributed by atoms with Gasteiger partial charge in [-0.05, 0) is 30.2 Å². The molecule has 1 N–H and O–H groups in total. The van der Waals surface area contributed by atoms with Gasteiger partial charge in [-0.1, -0.05) is 30.3 Å². The first-order chi connectivity index (χ1) is 12.1. The topological polar surface area (TPSA) is 66.1 Å². The number of amides is 1. The van der Waals surface area contributed by atoms with Crippen molar-refractivity contribution in [2.24, 2.45) is 0 Å². The number of hydrogen-bond acceptors (Lipinski definition) is 4. The maximum absolute atomic E-state index is 12.8. The number of para-hydroxylation sites is 1. The monoisotopic (exact) mass is 351 g/mol. The molecule has 1 aliphatic heterocycles. The average molecular weight is 351 g/mol. The summed E-state index contributed by atoms with van der Waals surface area (Å²) in [5.41, 5.74) is 1.69. The summed E-state index contributed by atoms with van der Waals surface area (Å²) in [5, 5.41) is 0.441. The summed E-state index contributed by atoms with van der Waals surface area (Å²) in [5.74, 6) is 0.553. The van der Waals surface area contributed by atoms with Crippen LogP contribution in [0.3, 0.4) is 0 Å². The quantitative estimate of drug-likeness (QED) is 0.788. The lowest BCUT2D eigenvalue weighted by atomic mass is 10.1. The molecule has 0 unspecified atom stereocenters. The Morgan fingerprint density at radius 1 is 1.24 bits per heavy atom. The van der Waals surface area contributed by atoms with Gasteiger partial charge in [-0.25, -0.2) is 4.98 Å². The second-order valence-electron chi connectivity index (χ2n) is 6.14. The first-order valence-electron chi connectivity index (χ1n) is 8.09. The molecule has 1 atom stereocenters. The lowest BCUT2D eigenvalue weighted by Crippen LogP contribution is -2.35. The molecule has 0 saturated carbocycles. The maximum atomic E-state index is 12.8. The van der Waals surface area contributed by atoms with Gasteiger partial charge in [-0.2, -0.15) is 0 Å². The van der Waals surface area contributed by atoms with Crippen molar-refractivity contribution in [2.45, 2.75) is 23.1 Å². The predicted molar refractivity (Wildman–Crippen MR) is 98.6 cm³/mol. The van der Waals surface area contributed by atoms with Crippen LogP contribution in [0, 0.1) is 0 Å². The third kappa shape index (κ3) is 3.05. The number of aromatic amines is 1. The van der Waals surface area contributed by atoms with E-state index >= 15 is 0 Å². The molecule has 1 aromatic heterocycles. The SMILES string of the molecule is CN(Cc1nc2ccccc2c(=O)[nH]1)C(=O)[C@@H]1Cc2ccccc2S1. The number of hydrogen-bond donors (Lipinski definition) is 1. The van der Waals surface area contributed by atoms with Crippen molar-refractivity contribution in [1.29, 1.82) is 0 Å². The Labute approximate surface area is 149 Å². The molecule has 1 amide bonds. The fourth-order valence-corrected chi connectivity index (χ4v) is 4.39. The first-order valence-corrected chi connectivity index (χ1v) is 8.97. The molecule has 0 spiro atoms. The molecule has 0 fully saturated rings. The zero-order valence-electron chi connectivity index (χ0n) is 13.7. The first kappa shape index (κ1) is 15.9. The highest BCUT2D eigenvalue weighted by atomic mass is 32.2. The minimum Gasteiger partial charge on any atom is -0.337 e. The van der Waals surface area contributed by atoms with E-state index in [-0.39, 0.29) is 23.3 Å². The highest BCUT2D eigenvalue weighted by Crippen LogP contribution is 2.37. The molecule has 4 rings (SSSR count). The Bertz CT molecular complexity index is 990. The van der Waals surface area contributed by atoms with Gasteiger partial charge in [0.25, 0.3) is 5.56 Å². The van der Waals surface area contributed by atoms with E-state index in [0.29, 0.717) is 16.7 Å². The maximum Gasteiger partial charge on any atom is 0.258 e. The van der Waals surface area contributed by atoms with Crippen LogP contribution in [-0.2, 0) is 17.8 Å². The number of nitrogens with zero attached hydrogens (tertiary/aromatic N) is 2. The van der Waals surface area contributed by atoms with Crippen molar-refractivity contribution < 1.29 is 4.79 Å². The van der Waals surface area contributed by atoms with Crippen molar-refractivity contribution in [2.75, 3.05) is 7.05 Å². The predicted octanol–water partition coefficient (Wildman–Crippen LogP) is 2.60.